The molecule has 0 saturated carbocycles. The molecular formula is C20H21N3O2S. The molecule has 0 unspecified atom stereocenters. The molecule has 5 nitrogen and oxygen atoms in total. The summed E-state index contributed by atoms with van der Waals surface area (Å²) in [5.41, 5.74) is 1.70. The number of hydrogen-bond acceptors (Lipinski definition) is 4. The summed E-state index contributed by atoms with van der Waals surface area (Å²) >= 11 is 1.29. The van der Waals surface area contributed by atoms with Crippen molar-refractivity contribution in [1.29, 1.82) is 0 Å². The molecule has 26 heavy (non-hydrogen) atoms. The summed E-state index contributed by atoms with van der Waals surface area (Å²) in [5.74, 6) is -0.0623. The van der Waals surface area contributed by atoms with Gasteiger partial charge in [-0.1, -0.05) is 42.5 Å². The molecule has 3 aromatic rings. The smallest absolute Gasteiger partial charge is 0.264 e. The number of carbonyl (C=O) groups excluding carboxylic acids is 1. The Kier molecular flexibility index (Phi) is 5.32. The zero-order valence-corrected chi connectivity index (χ0v) is 15.9. The Hall–Kier alpha value is -2.73. The van der Waals surface area contributed by atoms with Crippen LogP contribution in [0.2, 0.25) is 0 Å². The number of nitrogens with zero attached hydrogens (tertiary/aromatic N) is 3. The van der Waals surface area contributed by atoms with Crippen molar-refractivity contribution < 1.29 is 4.79 Å². The molecular weight excluding hydrogens is 346 g/mol. The molecule has 0 spiro atoms. The van der Waals surface area contributed by atoms with E-state index in [9.17, 15) is 9.59 Å². The van der Waals surface area contributed by atoms with Gasteiger partial charge >= 0.3 is 0 Å². The normalized spacial score (nSPS) is 11.3. The number of hydrogen-bond donors (Lipinski definition) is 0. The number of aryl methyl sites for hydroxylation is 2. The Balaban J connectivity index is 1.86. The summed E-state index contributed by atoms with van der Waals surface area (Å²) in [6, 6.07) is 9.98. The van der Waals surface area contributed by atoms with E-state index in [1.54, 1.807) is 11.9 Å². The van der Waals surface area contributed by atoms with Crippen LogP contribution < -0.4 is 5.56 Å². The van der Waals surface area contributed by atoms with Crippen molar-refractivity contribution in [2.45, 2.75) is 13.8 Å². The van der Waals surface area contributed by atoms with Gasteiger partial charge in [0.15, 0.2) is 0 Å². The first-order chi connectivity index (χ1) is 12.5. The highest BCUT2D eigenvalue weighted by molar-refractivity contribution is 7.20. The van der Waals surface area contributed by atoms with Gasteiger partial charge in [-0.2, -0.15) is 0 Å². The maximum absolute atomic E-state index is 13.0. The number of rotatable bonds is 5. The van der Waals surface area contributed by atoms with Crippen LogP contribution in [0.25, 0.3) is 16.3 Å². The second-order valence-corrected chi connectivity index (χ2v) is 7.05. The van der Waals surface area contributed by atoms with Crippen molar-refractivity contribution in [3.63, 3.8) is 0 Å². The Morgan fingerprint density at radius 1 is 1.31 bits per heavy atom. The fourth-order valence-electron chi connectivity index (χ4n) is 2.79. The van der Waals surface area contributed by atoms with Crippen molar-refractivity contribution in [1.82, 2.24) is 14.5 Å². The maximum Gasteiger partial charge on any atom is 0.264 e. The lowest BCUT2D eigenvalue weighted by atomic mass is 10.2. The Morgan fingerprint density at radius 3 is 2.73 bits per heavy atom. The van der Waals surface area contributed by atoms with Gasteiger partial charge in [0.1, 0.15) is 4.83 Å². The molecule has 1 aromatic carbocycles. The molecule has 0 saturated heterocycles. The van der Waals surface area contributed by atoms with Crippen LogP contribution >= 0.6 is 11.3 Å². The van der Waals surface area contributed by atoms with Crippen LogP contribution in [0.3, 0.4) is 0 Å². The standard InChI is InChI=1S/C20H21N3O2S/c1-4-23(12-8-11-15-9-6-5-7-10-15)20(25)17-14(2)16-18(26-17)21-13-22(3)19(16)24/h5-11,13H,4,12H2,1-3H3/b11-8+. The molecule has 0 fully saturated rings. The molecule has 1 amide bonds. The molecule has 0 aliphatic rings. The Morgan fingerprint density at radius 2 is 2.04 bits per heavy atom. The van der Waals surface area contributed by atoms with E-state index >= 15 is 0 Å². The lowest BCUT2D eigenvalue weighted by Gasteiger charge is -2.18. The van der Waals surface area contributed by atoms with Crippen LogP contribution in [-0.4, -0.2) is 33.4 Å². The Labute approximate surface area is 156 Å². The quantitative estimate of drug-likeness (QED) is 0.694. The van der Waals surface area contributed by atoms with E-state index in [0.717, 1.165) is 5.56 Å². The second-order valence-electron chi connectivity index (χ2n) is 6.05. The van der Waals surface area contributed by atoms with Crippen LogP contribution in [0.4, 0.5) is 0 Å². The fourth-order valence-corrected chi connectivity index (χ4v) is 3.90. The monoisotopic (exact) mass is 367 g/mol. The maximum atomic E-state index is 13.0. The molecule has 134 valence electrons. The van der Waals surface area contributed by atoms with Gasteiger partial charge in [-0.3, -0.25) is 9.59 Å². The third kappa shape index (κ3) is 3.46. The topological polar surface area (TPSA) is 55.2 Å². The first-order valence-electron chi connectivity index (χ1n) is 8.48. The molecule has 0 N–H and O–H groups in total. The van der Waals surface area contributed by atoms with Gasteiger partial charge in [-0.15, -0.1) is 11.3 Å². The lowest BCUT2D eigenvalue weighted by Crippen LogP contribution is -2.30. The highest BCUT2D eigenvalue weighted by Crippen LogP contribution is 2.27. The number of fused-ring (bicyclic) bond motifs is 1. The van der Waals surface area contributed by atoms with Crippen molar-refractivity contribution in [2.75, 3.05) is 13.1 Å². The molecule has 0 bridgehead atoms. The van der Waals surface area contributed by atoms with Gasteiger partial charge in [-0.25, -0.2) is 4.98 Å². The molecule has 3 rings (SSSR count). The zero-order chi connectivity index (χ0) is 18.7. The van der Waals surface area contributed by atoms with Crippen LogP contribution in [0.15, 0.2) is 47.5 Å². The largest absolute Gasteiger partial charge is 0.334 e. The summed E-state index contributed by atoms with van der Waals surface area (Å²) < 4.78 is 1.44. The average Bonchev–Trinajstić information content (AvgIpc) is 2.99. The summed E-state index contributed by atoms with van der Waals surface area (Å²) in [6.07, 6.45) is 5.48. The summed E-state index contributed by atoms with van der Waals surface area (Å²) in [5, 5.41) is 0.541. The third-order valence-electron chi connectivity index (χ3n) is 4.31. The highest BCUT2D eigenvalue weighted by atomic mass is 32.1. The van der Waals surface area contributed by atoms with E-state index in [0.29, 0.717) is 33.7 Å². The Bertz CT molecular complexity index is 1020. The highest BCUT2D eigenvalue weighted by Gasteiger charge is 2.22. The molecule has 0 aliphatic heterocycles. The number of likely N-dealkylation sites (N-methyl/N-ethyl adjacent to an activating group) is 1. The molecule has 6 heteroatoms. The minimum absolute atomic E-state index is 0.0623. The zero-order valence-electron chi connectivity index (χ0n) is 15.1. The van der Waals surface area contributed by atoms with Crippen molar-refractivity contribution in [3.8, 4) is 0 Å². The van der Waals surface area contributed by atoms with Gasteiger partial charge in [0.25, 0.3) is 11.5 Å². The van der Waals surface area contributed by atoms with Crippen LogP contribution in [0.5, 0.6) is 0 Å². The predicted octanol–water partition coefficient (Wildman–Crippen LogP) is 3.48. The molecule has 0 aliphatic carbocycles. The van der Waals surface area contributed by atoms with E-state index in [2.05, 4.69) is 4.98 Å². The first kappa shape index (κ1) is 18.1. The van der Waals surface area contributed by atoms with E-state index in [1.165, 1.54) is 22.2 Å². The minimum Gasteiger partial charge on any atom is -0.334 e. The first-order valence-corrected chi connectivity index (χ1v) is 9.30. The average molecular weight is 367 g/mol. The number of amides is 1. The van der Waals surface area contributed by atoms with E-state index < -0.39 is 0 Å². The number of thiophene rings is 1. The minimum atomic E-state index is -0.116. The third-order valence-corrected chi connectivity index (χ3v) is 5.50. The summed E-state index contributed by atoms with van der Waals surface area (Å²) in [6.45, 7) is 4.89. The van der Waals surface area contributed by atoms with Crippen molar-refractivity contribution in [3.05, 3.63) is 69.1 Å². The van der Waals surface area contributed by atoms with Crippen molar-refractivity contribution in [2.24, 2.45) is 7.05 Å². The summed E-state index contributed by atoms with van der Waals surface area (Å²) in [7, 11) is 1.67. The van der Waals surface area contributed by atoms with Crippen LogP contribution in [0, 0.1) is 6.92 Å². The van der Waals surface area contributed by atoms with E-state index in [1.807, 2.05) is 56.3 Å². The number of carbonyl (C=O) groups is 1. The van der Waals surface area contributed by atoms with Crippen molar-refractivity contribution >= 4 is 33.5 Å². The fraction of sp³-hybridized carbons (Fsp3) is 0.250. The molecule has 2 heterocycles. The van der Waals surface area contributed by atoms with Gasteiger partial charge in [0, 0.05) is 20.1 Å². The van der Waals surface area contributed by atoms with Gasteiger partial charge in [0.05, 0.1) is 16.6 Å². The molecule has 2 aromatic heterocycles. The SMILES string of the molecule is CCN(C/C=C/c1ccccc1)C(=O)c1sc2ncn(C)c(=O)c2c1C. The number of aromatic nitrogens is 2. The lowest BCUT2D eigenvalue weighted by molar-refractivity contribution is 0.0786. The van der Waals surface area contributed by atoms with E-state index in [-0.39, 0.29) is 11.5 Å². The van der Waals surface area contributed by atoms with Crippen LogP contribution in [-0.2, 0) is 7.05 Å². The van der Waals surface area contributed by atoms with Gasteiger partial charge in [0.2, 0.25) is 0 Å². The summed E-state index contributed by atoms with van der Waals surface area (Å²) in [4.78, 5) is 32.6. The number of benzene rings is 1. The molecule has 0 radical (unpaired) electrons. The van der Waals surface area contributed by atoms with E-state index in [4.69, 9.17) is 0 Å². The second kappa shape index (κ2) is 7.66. The van der Waals surface area contributed by atoms with Gasteiger partial charge in [-0.05, 0) is 25.0 Å². The molecule has 0 atom stereocenters. The van der Waals surface area contributed by atoms with Gasteiger partial charge < -0.3 is 9.47 Å². The predicted molar refractivity (Wildman–Crippen MR) is 107 cm³/mol. The van der Waals surface area contributed by atoms with Crippen LogP contribution in [0.1, 0.15) is 27.7 Å².